The predicted molar refractivity (Wildman–Crippen MR) is 108 cm³/mol. The van der Waals surface area contributed by atoms with Gasteiger partial charge in [-0.2, -0.15) is 0 Å². The molecule has 0 spiro atoms. The molecule has 8 heteroatoms. The smallest absolute Gasteiger partial charge is 0.407 e. The first kappa shape index (κ1) is 24.3. The summed E-state index contributed by atoms with van der Waals surface area (Å²) in [5.41, 5.74) is -0.496. The minimum Gasteiger partial charge on any atom is -0.460 e. The average molecular weight is 408 g/mol. The summed E-state index contributed by atoms with van der Waals surface area (Å²) in [5.74, 6) is -1.36. The standard InChI is InChI=1S/C21H32N2O6/c1-20(2,3)28-18(25)22-12-16(13-23-19(26)29-21(4,5)6)17(24)27-14-15-10-8-7-9-11-15/h7-11,16H,12-14H2,1-6H3,(H,22,25)(H,23,26). The largest absolute Gasteiger partial charge is 0.460 e. The Balaban J connectivity index is 2.66. The SMILES string of the molecule is CC(C)(C)OC(=O)NCC(CNC(=O)OC(C)(C)C)C(=O)OCc1ccccc1. The quantitative estimate of drug-likeness (QED) is 0.529. The van der Waals surface area contributed by atoms with Crippen molar-refractivity contribution in [2.45, 2.75) is 59.4 Å². The summed E-state index contributed by atoms with van der Waals surface area (Å²) in [6.07, 6.45) is -1.31. The monoisotopic (exact) mass is 408 g/mol. The van der Waals surface area contributed by atoms with Crippen molar-refractivity contribution in [3.63, 3.8) is 0 Å². The van der Waals surface area contributed by atoms with Crippen LogP contribution in [0.25, 0.3) is 0 Å². The van der Waals surface area contributed by atoms with Gasteiger partial charge in [0.05, 0.1) is 5.92 Å². The first-order valence-electron chi connectivity index (χ1n) is 9.50. The minimum absolute atomic E-state index is 0.0572. The third-order valence-corrected chi connectivity index (χ3v) is 3.34. The third-order valence-electron chi connectivity index (χ3n) is 3.34. The number of amides is 2. The van der Waals surface area contributed by atoms with Crippen molar-refractivity contribution in [3.05, 3.63) is 35.9 Å². The lowest BCUT2D eigenvalue weighted by Gasteiger charge is -2.23. The van der Waals surface area contributed by atoms with Crippen molar-refractivity contribution >= 4 is 18.2 Å². The molecule has 0 saturated carbocycles. The Kier molecular flexibility index (Phi) is 8.94. The fraction of sp³-hybridized carbons (Fsp3) is 0.571. The fourth-order valence-electron chi connectivity index (χ4n) is 2.13. The highest BCUT2D eigenvalue weighted by Gasteiger charge is 2.25. The zero-order chi connectivity index (χ0) is 22.1. The zero-order valence-electron chi connectivity index (χ0n) is 18.0. The second-order valence-electron chi connectivity index (χ2n) is 8.56. The molecular formula is C21H32N2O6. The summed E-state index contributed by atoms with van der Waals surface area (Å²) in [6, 6.07) is 9.22. The number of hydrogen-bond donors (Lipinski definition) is 2. The van der Waals surface area contributed by atoms with E-state index in [1.807, 2.05) is 30.3 Å². The molecular weight excluding hydrogens is 376 g/mol. The van der Waals surface area contributed by atoms with E-state index >= 15 is 0 Å². The van der Waals surface area contributed by atoms with Crippen LogP contribution in [0, 0.1) is 5.92 Å². The average Bonchev–Trinajstić information content (AvgIpc) is 2.57. The Morgan fingerprint density at radius 2 is 1.28 bits per heavy atom. The van der Waals surface area contributed by atoms with Gasteiger partial charge in [-0.1, -0.05) is 30.3 Å². The maximum atomic E-state index is 12.5. The molecule has 8 nitrogen and oxygen atoms in total. The fourth-order valence-corrected chi connectivity index (χ4v) is 2.13. The van der Waals surface area contributed by atoms with Crippen LogP contribution in [0.1, 0.15) is 47.1 Å². The Bertz CT molecular complexity index is 645. The molecule has 0 aliphatic carbocycles. The molecule has 29 heavy (non-hydrogen) atoms. The lowest BCUT2D eigenvalue weighted by atomic mass is 10.1. The molecule has 0 radical (unpaired) electrons. The van der Waals surface area contributed by atoms with E-state index in [0.29, 0.717) is 0 Å². The molecule has 0 aliphatic heterocycles. The van der Waals surface area contributed by atoms with Crippen LogP contribution in [0.5, 0.6) is 0 Å². The van der Waals surface area contributed by atoms with E-state index in [9.17, 15) is 14.4 Å². The molecule has 0 saturated heterocycles. The maximum absolute atomic E-state index is 12.5. The van der Waals surface area contributed by atoms with E-state index in [0.717, 1.165) is 5.56 Å². The van der Waals surface area contributed by atoms with Gasteiger partial charge in [0.2, 0.25) is 0 Å². The molecule has 0 aliphatic rings. The van der Waals surface area contributed by atoms with E-state index in [2.05, 4.69) is 10.6 Å². The number of rotatable bonds is 7. The Morgan fingerprint density at radius 1 is 0.828 bits per heavy atom. The molecule has 0 fully saturated rings. The molecule has 1 rings (SSSR count). The molecule has 1 aromatic rings. The first-order valence-corrected chi connectivity index (χ1v) is 9.50. The summed E-state index contributed by atoms with van der Waals surface area (Å²) in [5, 5.41) is 5.07. The number of hydrogen-bond acceptors (Lipinski definition) is 6. The van der Waals surface area contributed by atoms with E-state index in [1.165, 1.54) is 0 Å². The van der Waals surface area contributed by atoms with Crippen molar-refractivity contribution in [1.29, 1.82) is 0 Å². The molecule has 162 valence electrons. The molecule has 1 aromatic carbocycles. The van der Waals surface area contributed by atoms with Crippen LogP contribution in [-0.2, 0) is 25.6 Å². The Morgan fingerprint density at radius 3 is 1.69 bits per heavy atom. The second-order valence-corrected chi connectivity index (χ2v) is 8.56. The third kappa shape index (κ3) is 11.6. The highest BCUT2D eigenvalue weighted by atomic mass is 16.6. The van der Waals surface area contributed by atoms with Crippen molar-refractivity contribution in [2.24, 2.45) is 5.92 Å². The molecule has 0 bridgehead atoms. The molecule has 0 atom stereocenters. The lowest BCUT2D eigenvalue weighted by molar-refractivity contribution is -0.149. The van der Waals surface area contributed by atoms with Crippen LogP contribution in [0.4, 0.5) is 9.59 Å². The first-order chi connectivity index (χ1) is 13.4. The number of alkyl carbamates (subject to hydrolysis) is 2. The van der Waals surface area contributed by atoms with Crippen LogP contribution in [0.2, 0.25) is 0 Å². The molecule has 2 amide bonds. The predicted octanol–water partition coefficient (Wildman–Crippen LogP) is 3.40. The summed E-state index contributed by atoms with van der Waals surface area (Å²) < 4.78 is 15.7. The van der Waals surface area contributed by atoms with Gasteiger partial charge < -0.3 is 24.8 Å². The Labute approximate surface area is 172 Å². The summed E-state index contributed by atoms with van der Waals surface area (Å²) >= 11 is 0. The van der Waals surface area contributed by atoms with Crippen LogP contribution >= 0.6 is 0 Å². The molecule has 0 aromatic heterocycles. The van der Waals surface area contributed by atoms with Gasteiger partial charge in [-0.15, -0.1) is 0 Å². The van der Waals surface area contributed by atoms with Gasteiger partial charge in [-0.05, 0) is 47.1 Å². The number of esters is 1. The number of ether oxygens (including phenoxy) is 3. The van der Waals surface area contributed by atoms with Gasteiger partial charge in [0.1, 0.15) is 17.8 Å². The van der Waals surface area contributed by atoms with Crippen molar-refractivity contribution in [2.75, 3.05) is 13.1 Å². The van der Waals surface area contributed by atoms with Crippen molar-refractivity contribution < 1.29 is 28.6 Å². The van der Waals surface area contributed by atoms with E-state index in [4.69, 9.17) is 14.2 Å². The van der Waals surface area contributed by atoms with Gasteiger partial charge >= 0.3 is 18.2 Å². The molecule has 2 N–H and O–H groups in total. The zero-order valence-corrected chi connectivity index (χ0v) is 18.0. The highest BCUT2D eigenvalue weighted by molar-refractivity contribution is 5.76. The van der Waals surface area contributed by atoms with Gasteiger partial charge in [0, 0.05) is 13.1 Å². The number of carbonyl (C=O) groups is 3. The van der Waals surface area contributed by atoms with Gasteiger partial charge in [-0.25, -0.2) is 9.59 Å². The van der Waals surface area contributed by atoms with Crippen molar-refractivity contribution in [1.82, 2.24) is 10.6 Å². The molecule has 0 unspecified atom stereocenters. The van der Waals surface area contributed by atoms with E-state index < -0.39 is 35.3 Å². The van der Waals surface area contributed by atoms with Crippen LogP contribution in [0.15, 0.2) is 30.3 Å². The van der Waals surface area contributed by atoms with Crippen molar-refractivity contribution in [3.8, 4) is 0 Å². The van der Waals surface area contributed by atoms with Gasteiger partial charge in [-0.3, -0.25) is 4.79 Å². The minimum atomic E-state index is -0.807. The summed E-state index contributed by atoms with van der Waals surface area (Å²) in [6.45, 7) is 10.4. The topological polar surface area (TPSA) is 103 Å². The van der Waals surface area contributed by atoms with Crippen LogP contribution < -0.4 is 10.6 Å². The molecule has 0 heterocycles. The summed E-state index contributed by atoms with van der Waals surface area (Å²) in [4.78, 5) is 36.3. The number of benzene rings is 1. The summed E-state index contributed by atoms with van der Waals surface area (Å²) in [7, 11) is 0. The van der Waals surface area contributed by atoms with Gasteiger partial charge in [0.15, 0.2) is 0 Å². The maximum Gasteiger partial charge on any atom is 0.407 e. The lowest BCUT2D eigenvalue weighted by Crippen LogP contribution is -2.43. The second kappa shape index (κ2) is 10.7. The Hall–Kier alpha value is -2.77. The highest BCUT2D eigenvalue weighted by Crippen LogP contribution is 2.09. The van der Waals surface area contributed by atoms with Gasteiger partial charge in [0.25, 0.3) is 0 Å². The number of nitrogens with one attached hydrogen (secondary N) is 2. The van der Waals surface area contributed by atoms with Crippen LogP contribution in [0.3, 0.4) is 0 Å². The normalized spacial score (nSPS) is 11.6. The number of carbonyl (C=O) groups excluding carboxylic acids is 3. The van der Waals surface area contributed by atoms with Crippen LogP contribution in [-0.4, -0.2) is 42.4 Å². The van der Waals surface area contributed by atoms with E-state index in [1.54, 1.807) is 41.5 Å². The van der Waals surface area contributed by atoms with E-state index in [-0.39, 0.29) is 19.7 Å².